The minimum Gasteiger partial charge on any atom is -0.496 e. The van der Waals surface area contributed by atoms with Gasteiger partial charge in [-0.1, -0.05) is 0 Å². The Morgan fingerprint density at radius 3 is 3.00 bits per heavy atom. The molecule has 16 heavy (non-hydrogen) atoms. The van der Waals surface area contributed by atoms with E-state index in [0.29, 0.717) is 28.9 Å². The topological polar surface area (TPSA) is 55.0 Å². The van der Waals surface area contributed by atoms with Crippen molar-refractivity contribution in [1.82, 2.24) is 10.2 Å². The monoisotopic (exact) mass is 220 g/mol. The van der Waals surface area contributed by atoms with Crippen LogP contribution in [0.2, 0.25) is 0 Å². The highest BCUT2D eigenvalue weighted by molar-refractivity contribution is 5.86. The fraction of sp³-hybridized carbons (Fsp3) is 0.0909. The van der Waals surface area contributed by atoms with Crippen molar-refractivity contribution >= 4 is 6.29 Å². The molecule has 0 amide bonds. The molecule has 0 saturated heterocycles. The maximum Gasteiger partial charge on any atom is 0.153 e. The van der Waals surface area contributed by atoms with Gasteiger partial charge in [-0.05, 0) is 18.2 Å². The summed E-state index contributed by atoms with van der Waals surface area (Å²) >= 11 is 0. The quantitative estimate of drug-likeness (QED) is 0.805. The number of nitrogens with zero attached hydrogens (tertiary/aromatic N) is 1. The Labute approximate surface area is 91.1 Å². The maximum absolute atomic E-state index is 13.1. The zero-order valence-corrected chi connectivity index (χ0v) is 8.53. The molecule has 2 aromatic rings. The second-order valence-corrected chi connectivity index (χ2v) is 3.16. The van der Waals surface area contributed by atoms with Crippen LogP contribution < -0.4 is 4.74 Å². The highest BCUT2D eigenvalue weighted by atomic mass is 19.1. The second kappa shape index (κ2) is 4.14. The van der Waals surface area contributed by atoms with E-state index in [1.807, 2.05) is 0 Å². The Hall–Kier alpha value is -2.17. The Kier molecular flexibility index (Phi) is 2.68. The number of nitrogens with one attached hydrogen (secondary N) is 1. The molecule has 0 saturated carbocycles. The van der Waals surface area contributed by atoms with Crippen LogP contribution in [0.15, 0.2) is 24.4 Å². The first-order valence-electron chi connectivity index (χ1n) is 4.58. The van der Waals surface area contributed by atoms with Gasteiger partial charge in [0.15, 0.2) is 6.29 Å². The van der Waals surface area contributed by atoms with Crippen LogP contribution in [0.5, 0.6) is 5.75 Å². The van der Waals surface area contributed by atoms with E-state index in [2.05, 4.69) is 10.2 Å². The second-order valence-electron chi connectivity index (χ2n) is 3.16. The number of H-pyrrole nitrogens is 1. The van der Waals surface area contributed by atoms with Crippen LogP contribution in [0.1, 0.15) is 10.4 Å². The fourth-order valence-electron chi connectivity index (χ4n) is 1.48. The molecular weight excluding hydrogens is 211 g/mol. The Morgan fingerprint density at radius 1 is 1.50 bits per heavy atom. The molecule has 0 unspecified atom stereocenters. The number of rotatable bonds is 3. The van der Waals surface area contributed by atoms with Gasteiger partial charge < -0.3 is 4.74 Å². The lowest BCUT2D eigenvalue weighted by molar-refractivity contribution is 0.112. The largest absolute Gasteiger partial charge is 0.496 e. The van der Waals surface area contributed by atoms with Gasteiger partial charge in [0.2, 0.25) is 0 Å². The summed E-state index contributed by atoms with van der Waals surface area (Å²) < 4.78 is 18.2. The average molecular weight is 220 g/mol. The first kappa shape index (κ1) is 10.4. The molecule has 0 radical (unpaired) electrons. The van der Waals surface area contributed by atoms with Crippen LogP contribution in [-0.2, 0) is 0 Å². The van der Waals surface area contributed by atoms with Gasteiger partial charge in [-0.2, -0.15) is 5.10 Å². The van der Waals surface area contributed by atoms with Gasteiger partial charge in [0, 0.05) is 5.56 Å². The normalized spacial score (nSPS) is 10.1. The molecule has 0 aliphatic heterocycles. The summed E-state index contributed by atoms with van der Waals surface area (Å²) in [4.78, 5) is 10.8. The SMILES string of the molecule is COc1ccc(F)cc1-c1[nH]ncc1C=O. The average Bonchev–Trinajstić information content (AvgIpc) is 2.76. The standard InChI is InChI=1S/C11H9FN2O2/c1-16-10-3-2-8(12)4-9(10)11-7(6-15)5-13-14-11/h2-6H,1H3,(H,13,14). The third-order valence-corrected chi connectivity index (χ3v) is 2.23. The van der Waals surface area contributed by atoms with Gasteiger partial charge in [0.1, 0.15) is 11.6 Å². The van der Waals surface area contributed by atoms with Crippen LogP contribution in [0.25, 0.3) is 11.3 Å². The number of halogens is 1. The third kappa shape index (κ3) is 1.67. The first-order valence-corrected chi connectivity index (χ1v) is 4.58. The molecule has 2 rings (SSSR count). The minimum atomic E-state index is -0.401. The molecule has 5 heteroatoms. The summed E-state index contributed by atoms with van der Waals surface area (Å²) in [5, 5.41) is 6.39. The van der Waals surface area contributed by atoms with Gasteiger partial charge in [0.25, 0.3) is 0 Å². The van der Waals surface area contributed by atoms with E-state index in [-0.39, 0.29) is 0 Å². The summed E-state index contributed by atoms with van der Waals surface area (Å²) in [6.45, 7) is 0. The van der Waals surface area contributed by atoms with Gasteiger partial charge in [-0.25, -0.2) is 4.39 Å². The maximum atomic E-state index is 13.1. The van der Waals surface area contributed by atoms with Crippen molar-refractivity contribution < 1.29 is 13.9 Å². The highest BCUT2D eigenvalue weighted by Gasteiger charge is 2.12. The molecule has 1 N–H and O–H groups in total. The number of aromatic nitrogens is 2. The minimum absolute atomic E-state index is 0.365. The first-order chi connectivity index (χ1) is 7.76. The van der Waals surface area contributed by atoms with E-state index in [9.17, 15) is 9.18 Å². The van der Waals surface area contributed by atoms with Crippen molar-refractivity contribution in [3.63, 3.8) is 0 Å². The van der Waals surface area contributed by atoms with Gasteiger partial charge in [-0.3, -0.25) is 9.89 Å². The smallest absolute Gasteiger partial charge is 0.153 e. The number of hydrogen-bond acceptors (Lipinski definition) is 3. The number of ether oxygens (including phenoxy) is 1. The Bertz CT molecular complexity index is 522. The van der Waals surface area contributed by atoms with Crippen molar-refractivity contribution in [3.05, 3.63) is 35.8 Å². The molecule has 82 valence electrons. The van der Waals surface area contributed by atoms with Crippen LogP contribution in [-0.4, -0.2) is 23.6 Å². The molecule has 0 fully saturated rings. The molecule has 0 atom stereocenters. The summed E-state index contributed by atoms with van der Waals surface area (Å²) in [5.74, 6) is 0.0796. The number of carbonyl (C=O) groups is 1. The van der Waals surface area contributed by atoms with E-state index >= 15 is 0 Å². The molecule has 1 heterocycles. The number of hydrogen-bond donors (Lipinski definition) is 1. The van der Waals surface area contributed by atoms with Crippen molar-refractivity contribution in [2.24, 2.45) is 0 Å². The molecule has 4 nitrogen and oxygen atoms in total. The number of carbonyl (C=O) groups excluding carboxylic acids is 1. The Morgan fingerprint density at radius 2 is 2.31 bits per heavy atom. The van der Waals surface area contributed by atoms with Gasteiger partial charge >= 0.3 is 0 Å². The number of aldehydes is 1. The van der Waals surface area contributed by atoms with E-state index in [4.69, 9.17) is 4.74 Å². The third-order valence-electron chi connectivity index (χ3n) is 2.23. The number of benzene rings is 1. The predicted molar refractivity (Wildman–Crippen MR) is 55.9 cm³/mol. The van der Waals surface area contributed by atoms with Crippen LogP contribution in [0, 0.1) is 5.82 Å². The lowest BCUT2D eigenvalue weighted by Gasteiger charge is -2.07. The zero-order valence-electron chi connectivity index (χ0n) is 8.53. The van der Waals surface area contributed by atoms with Crippen molar-refractivity contribution in [3.8, 4) is 17.0 Å². The molecule has 0 bridgehead atoms. The molecule has 1 aromatic heterocycles. The summed E-state index contributed by atoms with van der Waals surface area (Å²) in [7, 11) is 1.48. The fourth-order valence-corrected chi connectivity index (χ4v) is 1.48. The van der Waals surface area contributed by atoms with E-state index < -0.39 is 5.82 Å². The molecular formula is C11H9FN2O2. The van der Waals surface area contributed by atoms with Crippen LogP contribution in [0.3, 0.4) is 0 Å². The van der Waals surface area contributed by atoms with Crippen molar-refractivity contribution in [2.75, 3.05) is 7.11 Å². The highest BCUT2D eigenvalue weighted by Crippen LogP contribution is 2.30. The van der Waals surface area contributed by atoms with Gasteiger partial charge in [0.05, 0.1) is 24.6 Å². The zero-order chi connectivity index (χ0) is 11.5. The molecule has 0 aliphatic carbocycles. The number of aromatic amines is 1. The van der Waals surface area contributed by atoms with Crippen LogP contribution >= 0.6 is 0 Å². The number of methoxy groups -OCH3 is 1. The molecule has 0 aliphatic rings. The van der Waals surface area contributed by atoms with E-state index in [0.717, 1.165) is 0 Å². The molecule has 1 aromatic carbocycles. The predicted octanol–water partition coefficient (Wildman–Crippen LogP) is 2.04. The summed E-state index contributed by atoms with van der Waals surface area (Å²) in [5.41, 5.74) is 1.29. The van der Waals surface area contributed by atoms with Gasteiger partial charge in [-0.15, -0.1) is 0 Å². The van der Waals surface area contributed by atoms with Crippen molar-refractivity contribution in [1.29, 1.82) is 0 Å². The lowest BCUT2D eigenvalue weighted by Crippen LogP contribution is -1.92. The summed E-state index contributed by atoms with van der Waals surface area (Å²) in [6.07, 6.45) is 2.04. The van der Waals surface area contributed by atoms with E-state index in [1.165, 1.54) is 31.5 Å². The van der Waals surface area contributed by atoms with E-state index in [1.54, 1.807) is 0 Å². The van der Waals surface area contributed by atoms with Crippen molar-refractivity contribution in [2.45, 2.75) is 0 Å². The van der Waals surface area contributed by atoms with Crippen LogP contribution in [0.4, 0.5) is 4.39 Å². The summed E-state index contributed by atoms with van der Waals surface area (Å²) in [6, 6.07) is 4.08. The lowest BCUT2D eigenvalue weighted by atomic mass is 10.1. The molecule has 0 spiro atoms. The Balaban J connectivity index is 2.62.